The Morgan fingerprint density at radius 1 is 1.53 bits per heavy atom. The van der Waals surface area contributed by atoms with Crippen LogP contribution in [0.4, 0.5) is 5.69 Å². The summed E-state index contributed by atoms with van der Waals surface area (Å²) in [5.41, 5.74) is 7.23. The van der Waals surface area contributed by atoms with Crippen molar-refractivity contribution in [1.82, 2.24) is 4.57 Å². The number of hydrogen-bond acceptors (Lipinski definition) is 4. The van der Waals surface area contributed by atoms with Gasteiger partial charge >= 0.3 is 5.76 Å². The van der Waals surface area contributed by atoms with Gasteiger partial charge in [-0.05, 0) is 24.6 Å². The number of aryl methyl sites for hydroxylation is 1. The van der Waals surface area contributed by atoms with Gasteiger partial charge in [0, 0.05) is 25.2 Å². The molecule has 0 fully saturated rings. The lowest BCUT2D eigenvalue weighted by atomic mass is 10.1. The van der Waals surface area contributed by atoms with Crippen molar-refractivity contribution in [1.29, 1.82) is 0 Å². The Hall–Kier alpha value is -2.08. The second-order valence-electron chi connectivity index (χ2n) is 4.70. The number of amides is 1. The molecule has 3 N–H and O–H groups in total. The molecule has 0 aliphatic carbocycles. The van der Waals surface area contributed by atoms with Crippen molar-refractivity contribution in [2.75, 3.05) is 11.9 Å². The summed E-state index contributed by atoms with van der Waals surface area (Å²) in [7, 11) is 1.63. The molecule has 1 heterocycles. The minimum atomic E-state index is -0.421. The number of fused-ring (bicyclic) bond motifs is 1. The second-order valence-corrected chi connectivity index (χ2v) is 4.70. The number of anilines is 1. The van der Waals surface area contributed by atoms with Gasteiger partial charge in [0.1, 0.15) is 0 Å². The average molecular weight is 263 g/mol. The number of nitrogens with one attached hydrogen (secondary N) is 1. The summed E-state index contributed by atoms with van der Waals surface area (Å²) in [5, 5.41) is 2.76. The van der Waals surface area contributed by atoms with E-state index in [0.717, 1.165) is 0 Å². The molecular weight excluding hydrogens is 246 g/mol. The Morgan fingerprint density at radius 2 is 2.26 bits per heavy atom. The predicted octanol–water partition coefficient (Wildman–Crippen LogP) is 1.05. The van der Waals surface area contributed by atoms with E-state index in [1.54, 1.807) is 25.2 Å². The molecule has 1 amide bonds. The van der Waals surface area contributed by atoms with E-state index in [-0.39, 0.29) is 11.8 Å². The smallest absolute Gasteiger partial charge is 0.408 e. The van der Waals surface area contributed by atoms with Crippen LogP contribution in [0.3, 0.4) is 0 Å². The Kier molecular flexibility index (Phi) is 3.71. The van der Waals surface area contributed by atoms with Crippen molar-refractivity contribution >= 4 is 22.7 Å². The second kappa shape index (κ2) is 5.27. The minimum absolute atomic E-state index is 0.101. The molecule has 1 unspecified atom stereocenters. The quantitative estimate of drug-likeness (QED) is 0.862. The molecular formula is C13H17N3O3. The van der Waals surface area contributed by atoms with Gasteiger partial charge in [0.15, 0.2) is 5.58 Å². The van der Waals surface area contributed by atoms with Gasteiger partial charge in [-0.25, -0.2) is 4.79 Å². The summed E-state index contributed by atoms with van der Waals surface area (Å²) < 4.78 is 6.47. The van der Waals surface area contributed by atoms with E-state index >= 15 is 0 Å². The first-order valence-corrected chi connectivity index (χ1v) is 6.10. The molecule has 102 valence electrons. The first-order chi connectivity index (χ1) is 9.01. The summed E-state index contributed by atoms with van der Waals surface area (Å²) in [4.78, 5) is 23.1. The molecule has 0 aliphatic rings. The maximum absolute atomic E-state index is 11.7. The van der Waals surface area contributed by atoms with Crippen LogP contribution in [-0.4, -0.2) is 17.0 Å². The molecule has 6 nitrogen and oxygen atoms in total. The van der Waals surface area contributed by atoms with Crippen LogP contribution >= 0.6 is 0 Å². The van der Waals surface area contributed by atoms with Crippen LogP contribution in [-0.2, 0) is 11.8 Å². The predicted molar refractivity (Wildman–Crippen MR) is 72.9 cm³/mol. The Labute approximate surface area is 110 Å². The molecule has 0 bridgehead atoms. The number of aromatic nitrogens is 1. The minimum Gasteiger partial charge on any atom is -0.408 e. The zero-order valence-corrected chi connectivity index (χ0v) is 11.0. The van der Waals surface area contributed by atoms with Crippen molar-refractivity contribution in [2.45, 2.75) is 13.3 Å². The molecule has 1 aromatic carbocycles. The first-order valence-electron chi connectivity index (χ1n) is 6.10. The van der Waals surface area contributed by atoms with Gasteiger partial charge in [0.2, 0.25) is 5.91 Å². The third kappa shape index (κ3) is 2.85. The summed E-state index contributed by atoms with van der Waals surface area (Å²) in [6.07, 6.45) is 0.368. The van der Waals surface area contributed by atoms with E-state index in [9.17, 15) is 9.59 Å². The van der Waals surface area contributed by atoms with Gasteiger partial charge in [-0.3, -0.25) is 9.36 Å². The zero-order valence-electron chi connectivity index (χ0n) is 11.0. The van der Waals surface area contributed by atoms with E-state index in [1.807, 2.05) is 6.92 Å². The van der Waals surface area contributed by atoms with Gasteiger partial charge in [0.25, 0.3) is 0 Å². The fraction of sp³-hybridized carbons (Fsp3) is 0.385. The zero-order chi connectivity index (χ0) is 14.0. The van der Waals surface area contributed by atoms with Crippen molar-refractivity contribution < 1.29 is 9.21 Å². The maximum atomic E-state index is 11.7. The van der Waals surface area contributed by atoms with Crippen LogP contribution in [0.25, 0.3) is 11.1 Å². The standard InChI is InChI=1S/C13H17N3O3/c1-8(7-14)5-12(17)15-9-3-4-10-11(6-9)19-13(18)16(10)2/h3-4,6,8H,5,7,14H2,1-2H3,(H,15,17). The van der Waals surface area contributed by atoms with Crippen LogP contribution in [0.2, 0.25) is 0 Å². The fourth-order valence-electron chi connectivity index (χ4n) is 1.82. The molecule has 1 atom stereocenters. The largest absolute Gasteiger partial charge is 0.419 e. The van der Waals surface area contributed by atoms with Gasteiger partial charge < -0.3 is 15.5 Å². The summed E-state index contributed by atoms with van der Waals surface area (Å²) >= 11 is 0. The number of nitrogens with zero attached hydrogens (tertiary/aromatic N) is 1. The maximum Gasteiger partial charge on any atom is 0.419 e. The average Bonchev–Trinajstić information content (AvgIpc) is 2.64. The molecule has 0 aliphatic heterocycles. The Morgan fingerprint density at radius 3 is 2.95 bits per heavy atom. The molecule has 0 radical (unpaired) electrons. The van der Waals surface area contributed by atoms with Crippen molar-refractivity contribution in [3.05, 3.63) is 28.7 Å². The molecule has 0 saturated carbocycles. The lowest BCUT2D eigenvalue weighted by Crippen LogP contribution is -2.20. The number of nitrogens with two attached hydrogens (primary N) is 1. The van der Waals surface area contributed by atoms with Crippen LogP contribution in [0, 0.1) is 5.92 Å². The normalized spacial score (nSPS) is 12.6. The van der Waals surface area contributed by atoms with E-state index in [2.05, 4.69) is 5.32 Å². The summed E-state index contributed by atoms with van der Waals surface area (Å²) in [6, 6.07) is 5.12. The van der Waals surface area contributed by atoms with Crippen LogP contribution in [0.15, 0.2) is 27.4 Å². The highest BCUT2D eigenvalue weighted by molar-refractivity contribution is 5.92. The van der Waals surface area contributed by atoms with Crippen molar-refractivity contribution in [3.63, 3.8) is 0 Å². The van der Waals surface area contributed by atoms with E-state index in [0.29, 0.717) is 29.8 Å². The van der Waals surface area contributed by atoms with Crippen LogP contribution in [0.1, 0.15) is 13.3 Å². The number of oxazole rings is 1. The highest BCUT2D eigenvalue weighted by atomic mass is 16.4. The molecule has 19 heavy (non-hydrogen) atoms. The monoisotopic (exact) mass is 263 g/mol. The Balaban J connectivity index is 2.18. The van der Waals surface area contributed by atoms with Crippen LogP contribution in [0.5, 0.6) is 0 Å². The number of carbonyl (C=O) groups excluding carboxylic acids is 1. The van der Waals surface area contributed by atoms with E-state index in [4.69, 9.17) is 10.2 Å². The number of rotatable bonds is 4. The number of benzene rings is 1. The number of hydrogen-bond donors (Lipinski definition) is 2. The van der Waals surface area contributed by atoms with Gasteiger partial charge in [-0.1, -0.05) is 6.92 Å². The topological polar surface area (TPSA) is 90.3 Å². The Bertz CT molecular complexity index is 657. The summed E-state index contributed by atoms with van der Waals surface area (Å²) in [6.45, 7) is 2.39. The van der Waals surface area contributed by atoms with Crippen molar-refractivity contribution in [2.24, 2.45) is 18.7 Å². The lowest BCUT2D eigenvalue weighted by molar-refractivity contribution is -0.116. The van der Waals surface area contributed by atoms with Gasteiger partial charge in [-0.15, -0.1) is 0 Å². The third-order valence-corrected chi connectivity index (χ3v) is 3.01. The SMILES string of the molecule is CC(CN)CC(=O)Nc1ccc2c(c1)oc(=O)n2C. The lowest BCUT2D eigenvalue weighted by Gasteiger charge is -2.09. The third-order valence-electron chi connectivity index (χ3n) is 3.01. The molecule has 6 heteroatoms. The highest BCUT2D eigenvalue weighted by Gasteiger charge is 2.10. The van der Waals surface area contributed by atoms with Crippen LogP contribution < -0.4 is 16.8 Å². The van der Waals surface area contributed by atoms with E-state index < -0.39 is 5.76 Å². The van der Waals surface area contributed by atoms with Gasteiger partial charge in [-0.2, -0.15) is 0 Å². The first kappa shape index (κ1) is 13.4. The molecule has 0 spiro atoms. The van der Waals surface area contributed by atoms with E-state index in [1.165, 1.54) is 4.57 Å². The summed E-state index contributed by atoms with van der Waals surface area (Å²) in [5.74, 6) is -0.385. The fourth-order valence-corrected chi connectivity index (χ4v) is 1.82. The molecule has 2 rings (SSSR count). The van der Waals surface area contributed by atoms with Crippen molar-refractivity contribution in [3.8, 4) is 0 Å². The molecule has 0 saturated heterocycles. The number of carbonyl (C=O) groups is 1. The highest BCUT2D eigenvalue weighted by Crippen LogP contribution is 2.18. The molecule has 1 aromatic heterocycles. The van der Waals surface area contributed by atoms with Gasteiger partial charge in [0.05, 0.1) is 5.52 Å². The molecule has 2 aromatic rings.